The fourth-order valence-electron chi connectivity index (χ4n) is 1.93. The molecule has 0 aliphatic rings. The summed E-state index contributed by atoms with van der Waals surface area (Å²) in [5.41, 5.74) is 6.66. The summed E-state index contributed by atoms with van der Waals surface area (Å²) in [6.45, 7) is 5.20. The molecule has 0 radical (unpaired) electrons. The molecule has 21 heavy (non-hydrogen) atoms. The third kappa shape index (κ3) is 7.68. The highest BCUT2D eigenvalue weighted by molar-refractivity contribution is 5.77. The maximum Gasteiger partial charge on any atom is 0.234 e. The number of nitrogens with one attached hydrogen (secondary N) is 1. The summed E-state index contributed by atoms with van der Waals surface area (Å²) in [4.78, 5) is 13.5. The smallest absolute Gasteiger partial charge is 0.234 e. The summed E-state index contributed by atoms with van der Waals surface area (Å²) >= 11 is 0. The number of carbonyl (C=O) groups excluding carboxylic acids is 1. The Morgan fingerprint density at radius 1 is 1.43 bits per heavy atom. The van der Waals surface area contributed by atoms with Gasteiger partial charge in [0, 0.05) is 19.6 Å². The molecule has 0 unspecified atom stereocenters. The van der Waals surface area contributed by atoms with E-state index in [0.29, 0.717) is 19.7 Å². The van der Waals surface area contributed by atoms with Crippen LogP contribution in [-0.2, 0) is 11.3 Å². The lowest BCUT2D eigenvalue weighted by Crippen LogP contribution is -2.36. The van der Waals surface area contributed by atoms with Gasteiger partial charge in [0.1, 0.15) is 5.75 Å². The van der Waals surface area contributed by atoms with Crippen LogP contribution in [0, 0.1) is 0 Å². The second-order valence-electron chi connectivity index (χ2n) is 5.14. The van der Waals surface area contributed by atoms with Crippen molar-refractivity contribution in [2.45, 2.75) is 26.3 Å². The highest BCUT2D eigenvalue weighted by atomic mass is 16.5. The Labute approximate surface area is 127 Å². The molecule has 0 saturated heterocycles. The third-order valence-corrected chi connectivity index (χ3v) is 3.07. The zero-order chi connectivity index (χ0) is 15.5. The fraction of sp³-hybridized carbons (Fsp3) is 0.562. The monoisotopic (exact) mass is 293 g/mol. The second-order valence-corrected chi connectivity index (χ2v) is 5.14. The number of rotatable bonds is 10. The number of carbonyl (C=O) groups is 1. The van der Waals surface area contributed by atoms with Crippen molar-refractivity contribution < 1.29 is 9.53 Å². The molecule has 3 N–H and O–H groups in total. The first-order chi connectivity index (χ1) is 10.2. The molecule has 0 aliphatic heterocycles. The first kappa shape index (κ1) is 17.5. The zero-order valence-electron chi connectivity index (χ0n) is 13.1. The molecule has 0 bridgehead atoms. The van der Waals surface area contributed by atoms with Crippen LogP contribution in [0.15, 0.2) is 24.3 Å². The van der Waals surface area contributed by atoms with Crippen molar-refractivity contribution in [1.29, 1.82) is 0 Å². The van der Waals surface area contributed by atoms with Crippen LogP contribution in [0.4, 0.5) is 0 Å². The second kappa shape index (κ2) is 10.2. The Hall–Kier alpha value is -1.59. The van der Waals surface area contributed by atoms with Crippen LogP contribution in [0.2, 0.25) is 0 Å². The molecule has 5 heteroatoms. The zero-order valence-corrected chi connectivity index (χ0v) is 13.1. The number of nitrogens with two attached hydrogens (primary N) is 1. The van der Waals surface area contributed by atoms with Crippen LogP contribution in [0.25, 0.3) is 0 Å². The van der Waals surface area contributed by atoms with Crippen molar-refractivity contribution in [2.24, 2.45) is 5.73 Å². The van der Waals surface area contributed by atoms with Gasteiger partial charge in [0.15, 0.2) is 0 Å². The molecule has 0 aliphatic carbocycles. The molecule has 0 aromatic heterocycles. The molecule has 0 fully saturated rings. The highest BCUT2D eigenvalue weighted by Gasteiger charge is 2.05. The first-order valence-electron chi connectivity index (χ1n) is 7.52. The largest absolute Gasteiger partial charge is 0.494 e. The van der Waals surface area contributed by atoms with Crippen molar-refractivity contribution in [3.05, 3.63) is 29.8 Å². The van der Waals surface area contributed by atoms with E-state index in [1.165, 1.54) is 0 Å². The molecule has 1 aromatic carbocycles. The summed E-state index contributed by atoms with van der Waals surface area (Å²) in [6, 6.07) is 7.82. The number of hydrogen-bond acceptors (Lipinski definition) is 4. The van der Waals surface area contributed by atoms with Crippen LogP contribution < -0.4 is 15.8 Å². The number of ether oxygens (including phenoxy) is 1. The number of hydrogen-bond donors (Lipinski definition) is 2. The maximum absolute atomic E-state index is 11.5. The minimum atomic E-state index is 0.0796. The SMILES string of the molecule is CCCNC(=O)CN(C)CCCOc1cccc(CN)c1. The molecule has 0 saturated carbocycles. The lowest BCUT2D eigenvalue weighted by molar-refractivity contribution is -0.121. The van der Waals surface area contributed by atoms with Crippen molar-refractivity contribution in [3.63, 3.8) is 0 Å². The van der Waals surface area contributed by atoms with Gasteiger partial charge in [-0.15, -0.1) is 0 Å². The minimum absolute atomic E-state index is 0.0796. The molecular weight excluding hydrogens is 266 g/mol. The van der Waals surface area contributed by atoms with Crippen molar-refractivity contribution in [1.82, 2.24) is 10.2 Å². The van der Waals surface area contributed by atoms with Gasteiger partial charge < -0.3 is 15.8 Å². The Morgan fingerprint density at radius 2 is 2.24 bits per heavy atom. The third-order valence-electron chi connectivity index (χ3n) is 3.07. The van der Waals surface area contributed by atoms with Gasteiger partial charge in [-0.25, -0.2) is 0 Å². The van der Waals surface area contributed by atoms with Gasteiger partial charge in [-0.05, 0) is 37.6 Å². The molecule has 0 atom stereocenters. The van der Waals surface area contributed by atoms with Crippen LogP contribution in [0.3, 0.4) is 0 Å². The van der Waals surface area contributed by atoms with Gasteiger partial charge in [0.25, 0.3) is 0 Å². The molecule has 1 amide bonds. The van der Waals surface area contributed by atoms with E-state index in [0.717, 1.165) is 37.2 Å². The summed E-state index contributed by atoms with van der Waals surface area (Å²) < 4.78 is 5.69. The van der Waals surface area contributed by atoms with Crippen molar-refractivity contribution in [3.8, 4) is 5.75 Å². The maximum atomic E-state index is 11.5. The normalized spacial score (nSPS) is 10.7. The lowest BCUT2D eigenvalue weighted by atomic mass is 10.2. The Balaban J connectivity index is 2.16. The average Bonchev–Trinajstić information content (AvgIpc) is 2.49. The van der Waals surface area contributed by atoms with Crippen molar-refractivity contribution >= 4 is 5.91 Å². The first-order valence-corrected chi connectivity index (χ1v) is 7.52. The van der Waals surface area contributed by atoms with E-state index in [1.54, 1.807) is 0 Å². The summed E-state index contributed by atoms with van der Waals surface area (Å²) in [5.74, 6) is 0.928. The lowest BCUT2D eigenvalue weighted by Gasteiger charge is -2.16. The Morgan fingerprint density at radius 3 is 2.95 bits per heavy atom. The van der Waals surface area contributed by atoms with E-state index in [-0.39, 0.29) is 5.91 Å². The van der Waals surface area contributed by atoms with Crippen LogP contribution in [0.1, 0.15) is 25.3 Å². The van der Waals surface area contributed by atoms with E-state index >= 15 is 0 Å². The molecule has 118 valence electrons. The quantitative estimate of drug-likeness (QED) is 0.639. The van der Waals surface area contributed by atoms with E-state index in [9.17, 15) is 4.79 Å². The molecule has 0 spiro atoms. The van der Waals surface area contributed by atoms with E-state index in [4.69, 9.17) is 10.5 Å². The topological polar surface area (TPSA) is 67.6 Å². The van der Waals surface area contributed by atoms with Crippen LogP contribution in [0.5, 0.6) is 5.75 Å². The standard InChI is InChI=1S/C16H27N3O2/c1-3-8-18-16(20)13-19(2)9-5-10-21-15-7-4-6-14(11-15)12-17/h4,6-7,11H,3,5,8-10,12-13,17H2,1-2H3,(H,18,20). The Bertz CT molecular complexity index is 424. The van der Waals surface area contributed by atoms with Gasteiger partial charge in [-0.2, -0.15) is 0 Å². The summed E-state index contributed by atoms with van der Waals surface area (Å²) in [5, 5.41) is 2.87. The van der Waals surface area contributed by atoms with E-state index in [2.05, 4.69) is 5.32 Å². The summed E-state index contributed by atoms with van der Waals surface area (Å²) in [6.07, 6.45) is 1.84. The average molecular weight is 293 g/mol. The van der Waals surface area contributed by atoms with Gasteiger partial charge in [-0.3, -0.25) is 9.69 Å². The van der Waals surface area contributed by atoms with Gasteiger partial charge >= 0.3 is 0 Å². The number of benzene rings is 1. The molecule has 5 nitrogen and oxygen atoms in total. The molecular formula is C16H27N3O2. The predicted molar refractivity (Wildman–Crippen MR) is 85.2 cm³/mol. The van der Waals surface area contributed by atoms with Crippen LogP contribution in [-0.4, -0.2) is 44.1 Å². The van der Waals surface area contributed by atoms with E-state index in [1.807, 2.05) is 43.1 Å². The molecule has 1 rings (SSSR count). The number of amides is 1. The Kier molecular flexibility index (Phi) is 8.47. The molecule has 0 heterocycles. The van der Waals surface area contributed by atoms with Gasteiger partial charge in [0.05, 0.1) is 13.2 Å². The summed E-state index contributed by atoms with van der Waals surface area (Å²) in [7, 11) is 1.95. The van der Waals surface area contributed by atoms with Crippen molar-refractivity contribution in [2.75, 3.05) is 33.3 Å². The van der Waals surface area contributed by atoms with Gasteiger partial charge in [0.2, 0.25) is 5.91 Å². The number of likely N-dealkylation sites (N-methyl/N-ethyl adjacent to an activating group) is 1. The van der Waals surface area contributed by atoms with Crippen LogP contribution >= 0.6 is 0 Å². The van der Waals surface area contributed by atoms with E-state index < -0.39 is 0 Å². The number of nitrogens with zero attached hydrogens (tertiary/aromatic N) is 1. The minimum Gasteiger partial charge on any atom is -0.494 e. The fourth-order valence-corrected chi connectivity index (χ4v) is 1.93. The van der Waals surface area contributed by atoms with Gasteiger partial charge in [-0.1, -0.05) is 19.1 Å². The highest BCUT2D eigenvalue weighted by Crippen LogP contribution is 2.12. The predicted octanol–water partition coefficient (Wildman–Crippen LogP) is 1.37. The molecule has 1 aromatic rings.